The van der Waals surface area contributed by atoms with Gasteiger partial charge in [-0.15, -0.1) is 0 Å². The van der Waals surface area contributed by atoms with Gasteiger partial charge in [-0.25, -0.2) is 0 Å². The zero-order valence-electron chi connectivity index (χ0n) is 14.1. The van der Waals surface area contributed by atoms with E-state index in [0.29, 0.717) is 23.9 Å². The molecule has 2 fully saturated rings. The third-order valence-corrected chi connectivity index (χ3v) is 4.99. The second kappa shape index (κ2) is 6.48. The number of hydrogen-bond donors (Lipinski definition) is 1. The number of carbonyl (C=O) groups excluding carboxylic acids is 1. The van der Waals surface area contributed by atoms with E-state index in [0.717, 1.165) is 44.3 Å². The molecule has 0 spiro atoms. The highest BCUT2D eigenvalue weighted by atomic mass is 16.5. The number of aromatic nitrogens is 2. The summed E-state index contributed by atoms with van der Waals surface area (Å²) in [6.45, 7) is 0.982. The Bertz CT molecular complexity index is 750. The quantitative estimate of drug-likeness (QED) is 0.897. The predicted molar refractivity (Wildman–Crippen MR) is 91.0 cm³/mol. The minimum atomic E-state index is -0.453. The number of benzene rings is 1. The molecule has 1 aliphatic carbocycles. The molecule has 25 heavy (non-hydrogen) atoms. The molecule has 1 amide bonds. The standard InChI is InChI=1S/C18H22N4O3/c19-18(9-1-2-10-18)17-20-15(25-21-17)12-24-14-7-5-13(6-8-14)22-11-3-4-16(22)23/h5-8H,1-4,9-12,19H2. The number of nitrogens with two attached hydrogens (primary N) is 1. The minimum absolute atomic E-state index is 0.176. The van der Waals surface area contributed by atoms with E-state index in [4.69, 9.17) is 15.0 Å². The van der Waals surface area contributed by atoms with Crippen LogP contribution in [0.2, 0.25) is 0 Å². The van der Waals surface area contributed by atoms with E-state index >= 15 is 0 Å². The number of anilines is 1. The van der Waals surface area contributed by atoms with Crippen LogP contribution < -0.4 is 15.4 Å². The molecule has 1 aromatic carbocycles. The maximum Gasteiger partial charge on any atom is 0.264 e. The average molecular weight is 342 g/mol. The van der Waals surface area contributed by atoms with Crippen molar-refractivity contribution < 1.29 is 14.1 Å². The van der Waals surface area contributed by atoms with Gasteiger partial charge in [-0.2, -0.15) is 4.98 Å². The van der Waals surface area contributed by atoms with E-state index in [1.54, 1.807) is 4.90 Å². The summed E-state index contributed by atoms with van der Waals surface area (Å²) in [5, 5.41) is 4.02. The lowest BCUT2D eigenvalue weighted by atomic mass is 9.99. The predicted octanol–water partition coefficient (Wildman–Crippen LogP) is 2.50. The molecule has 2 aromatic rings. The van der Waals surface area contributed by atoms with Gasteiger partial charge < -0.3 is 19.9 Å². The molecule has 4 rings (SSSR count). The van der Waals surface area contributed by atoms with Gasteiger partial charge in [0, 0.05) is 18.7 Å². The van der Waals surface area contributed by atoms with Crippen LogP contribution in [0.1, 0.15) is 50.2 Å². The first kappa shape index (κ1) is 16.1. The number of hydrogen-bond acceptors (Lipinski definition) is 6. The van der Waals surface area contributed by atoms with Crippen molar-refractivity contribution in [3.8, 4) is 5.75 Å². The molecular formula is C18H22N4O3. The average Bonchev–Trinajstić information content (AvgIpc) is 3.35. The number of nitrogens with zero attached hydrogens (tertiary/aromatic N) is 3. The lowest BCUT2D eigenvalue weighted by Crippen LogP contribution is -2.34. The molecular weight excluding hydrogens is 320 g/mol. The Kier molecular flexibility index (Phi) is 4.17. The number of amides is 1. The first-order chi connectivity index (χ1) is 12.1. The topological polar surface area (TPSA) is 94.5 Å². The van der Waals surface area contributed by atoms with Crippen LogP contribution in [0.4, 0.5) is 5.69 Å². The lowest BCUT2D eigenvalue weighted by molar-refractivity contribution is -0.117. The van der Waals surface area contributed by atoms with E-state index in [-0.39, 0.29) is 12.5 Å². The molecule has 0 unspecified atom stereocenters. The van der Waals surface area contributed by atoms with Crippen LogP contribution >= 0.6 is 0 Å². The molecule has 1 aliphatic heterocycles. The van der Waals surface area contributed by atoms with Crippen LogP contribution in [0, 0.1) is 0 Å². The molecule has 2 aliphatic rings. The Morgan fingerprint density at radius 2 is 1.96 bits per heavy atom. The maximum atomic E-state index is 11.8. The highest BCUT2D eigenvalue weighted by Crippen LogP contribution is 2.34. The van der Waals surface area contributed by atoms with Gasteiger partial charge in [0.05, 0.1) is 5.54 Å². The molecule has 7 nitrogen and oxygen atoms in total. The van der Waals surface area contributed by atoms with Crippen LogP contribution in [0.15, 0.2) is 28.8 Å². The summed E-state index contributed by atoms with van der Waals surface area (Å²) in [4.78, 5) is 18.0. The smallest absolute Gasteiger partial charge is 0.264 e. The van der Waals surface area contributed by atoms with E-state index in [1.165, 1.54) is 0 Å². The number of carbonyl (C=O) groups is 1. The molecule has 0 bridgehead atoms. The van der Waals surface area contributed by atoms with Crippen molar-refractivity contribution in [2.75, 3.05) is 11.4 Å². The van der Waals surface area contributed by atoms with E-state index in [1.807, 2.05) is 24.3 Å². The summed E-state index contributed by atoms with van der Waals surface area (Å²) >= 11 is 0. The first-order valence-corrected chi connectivity index (χ1v) is 8.79. The van der Waals surface area contributed by atoms with Gasteiger partial charge in [0.15, 0.2) is 12.4 Å². The molecule has 1 aromatic heterocycles. The molecule has 132 valence electrons. The van der Waals surface area contributed by atoms with E-state index < -0.39 is 5.54 Å². The highest BCUT2D eigenvalue weighted by molar-refractivity contribution is 5.95. The molecule has 2 heterocycles. The van der Waals surface area contributed by atoms with Gasteiger partial charge in [-0.3, -0.25) is 4.79 Å². The Morgan fingerprint density at radius 3 is 2.64 bits per heavy atom. The van der Waals surface area contributed by atoms with Crippen LogP contribution in [-0.2, 0) is 16.9 Å². The summed E-state index contributed by atoms with van der Waals surface area (Å²) in [6.07, 6.45) is 5.53. The largest absolute Gasteiger partial charge is 0.484 e. The SMILES string of the molecule is NC1(c2noc(COc3ccc(N4CCCC4=O)cc3)n2)CCCC1. The molecule has 1 saturated carbocycles. The third kappa shape index (κ3) is 3.24. The Morgan fingerprint density at radius 1 is 1.20 bits per heavy atom. The van der Waals surface area contributed by atoms with Gasteiger partial charge in [0.25, 0.3) is 5.89 Å². The minimum Gasteiger partial charge on any atom is -0.484 e. The molecule has 1 saturated heterocycles. The van der Waals surface area contributed by atoms with Crippen LogP contribution in [0.5, 0.6) is 5.75 Å². The fourth-order valence-electron chi connectivity index (χ4n) is 3.53. The second-order valence-corrected chi connectivity index (χ2v) is 6.81. The van der Waals surface area contributed by atoms with Crippen molar-refractivity contribution in [3.05, 3.63) is 36.0 Å². The van der Waals surface area contributed by atoms with Crippen molar-refractivity contribution in [2.45, 2.75) is 50.7 Å². The monoisotopic (exact) mass is 342 g/mol. The Balaban J connectivity index is 1.37. The Labute approximate surface area is 146 Å². The first-order valence-electron chi connectivity index (χ1n) is 8.79. The van der Waals surface area contributed by atoms with Crippen molar-refractivity contribution in [3.63, 3.8) is 0 Å². The van der Waals surface area contributed by atoms with E-state index in [9.17, 15) is 4.79 Å². The third-order valence-electron chi connectivity index (χ3n) is 4.99. The van der Waals surface area contributed by atoms with Crippen LogP contribution in [0.3, 0.4) is 0 Å². The van der Waals surface area contributed by atoms with Crippen LogP contribution in [-0.4, -0.2) is 22.6 Å². The van der Waals surface area contributed by atoms with E-state index in [2.05, 4.69) is 10.1 Å². The number of ether oxygens (including phenoxy) is 1. The molecule has 2 N–H and O–H groups in total. The fraction of sp³-hybridized carbons (Fsp3) is 0.500. The summed E-state index contributed by atoms with van der Waals surface area (Å²) in [6, 6.07) is 7.48. The van der Waals surface area contributed by atoms with Gasteiger partial charge in [-0.1, -0.05) is 18.0 Å². The zero-order chi connectivity index (χ0) is 17.3. The van der Waals surface area contributed by atoms with Crippen molar-refractivity contribution in [1.29, 1.82) is 0 Å². The van der Waals surface area contributed by atoms with Crippen molar-refractivity contribution >= 4 is 11.6 Å². The van der Waals surface area contributed by atoms with Gasteiger partial charge >= 0.3 is 0 Å². The summed E-state index contributed by atoms with van der Waals surface area (Å²) in [5.74, 6) is 1.87. The van der Waals surface area contributed by atoms with Gasteiger partial charge in [0.2, 0.25) is 5.91 Å². The molecule has 0 radical (unpaired) electrons. The summed E-state index contributed by atoms with van der Waals surface area (Å²) in [5.41, 5.74) is 6.78. The highest BCUT2D eigenvalue weighted by Gasteiger charge is 2.36. The van der Waals surface area contributed by atoms with Gasteiger partial charge in [0.1, 0.15) is 5.75 Å². The number of rotatable bonds is 5. The lowest BCUT2D eigenvalue weighted by Gasteiger charge is -2.17. The van der Waals surface area contributed by atoms with Crippen molar-refractivity contribution in [2.24, 2.45) is 5.73 Å². The zero-order valence-corrected chi connectivity index (χ0v) is 14.1. The summed E-state index contributed by atoms with van der Waals surface area (Å²) in [7, 11) is 0. The normalized spacial score (nSPS) is 19.6. The summed E-state index contributed by atoms with van der Waals surface area (Å²) < 4.78 is 11.0. The maximum absolute atomic E-state index is 11.8. The van der Waals surface area contributed by atoms with Gasteiger partial charge in [-0.05, 0) is 43.5 Å². The Hall–Kier alpha value is -2.41. The second-order valence-electron chi connectivity index (χ2n) is 6.81. The van der Waals surface area contributed by atoms with Crippen molar-refractivity contribution in [1.82, 2.24) is 10.1 Å². The van der Waals surface area contributed by atoms with Crippen LogP contribution in [0.25, 0.3) is 0 Å². The molecule has 7 heteroatoms. The molecule has 0 atom stereocenters. The fourth-order valence-corrected chi connectivity index (χ4v) is 3.53.